The molecule has 0 atom stereocenters. The maximum Gasteiger partial charge on any atom is 0.458 e. The number of fused-ring (bicyclic) bond motifs is 3. The molecule has 1 aromatic heterocycles. The number of hydrogen-bond donors (Lipinski definition) is 0. The summed E-state index contributed by atoms with van der Waals surface area (Å²) in [5.74, 6) is -4.91. The first-order valence-corrected chi connectivity index (χ1v) is 7.84. The van der Waals surface area contributed by atoms with Gasteiger partial charge in [0.05, 0.1) is 11.0 Å². The molecule has 0 bridgehead atoms. The Labute approximate surface area is 145 Å². The highest BCUT2D eigenvalue weighted by Crippen LogP contribution is 2.45. The highest BCUT2D eigenvalue weighted by Gasteiger charge is 2.58. The van der Waals surface area contributed by atoms with Crippen molar-refractivity contribution < 1.29 is 22.0 Å². The van der Waals surface area contributed by atoms with Gasteiger partial charge in [-0.15, -0.1) is 0 Å². The van der Waals surface area contributed by atoms with Crippen LogP contribution in [0.5, 0.6) is 0 Å². The fraction of sp³-hybridized carbons (Fsp3) is 0.100. The monoisotopic (exact) mass is 361 g/mol. The van der Waals surface area contributed by atoms with Crippen LogP contribution in [0.15, 0.2) is 72.8 Å². The van der Waals surface area contributed by atoms with E-state index in [1.807, 2.05) is 41.0 Å². The maximum absolute atomic E-state index is 13.8. The summed E-state index contributed by atoms with van der Waals surface area (Å²) in [6.07, 6.45) is -5.64. The van der Waals surface area contributed by atoms with E-state index in [2.05, 4.69) is 0 Å². The largest absolute Gasteiger partial charge is 0.458 e. The molecule has 0 radical (unpaired) electrons. The summed E-state index contributed by atoms with van der Waals surface area (Å²) in [5, 5.41) is 0.969. The zero-order chi connectivity index (χ0) is 18.5. The minimum atomic E-state index is -5.64. The topological polar surface area (TPSA) is 4.93 Å². The molecule has 26 heavy (non-hydrogen) atoms. The lowest BCUT2D eigenvalue weighted by atomic mass is 10.0. The van der Waals surface area contributed by atoms with E-state index in [0.717, 1.165) is 23.3 Å². The quantitative estimate of drug-likeness (QED) is 0.362. The summed E-state index contributed by atoms with van der Waals surface area (Å²) < 4.78 is 67.7. The summed E-state index contributed by atoms with van der Waals surface area (Å²) >= 11 is 0. The molecular weight excluding hydrogens is 349 g/mol. The minimum Gasteiger partial charge on any atom is -0.309 e. The van der Waals surface area contributed by atoms with Crippen molar-refractivity contribution in [2.24, 2.45) is 0 Å². The average molecular weight is 361 g/mol. The number of alkyl halides is 5. The molecule has 1 nitrogen and oxygen atoms in total. The third kappa shape index (κ3) is 2.36. The highest BCUT2D eigenvalue weighted by molar-refractivity contribution is 6.09. The third-order valence-corrected chi connectivity index (χ3v) is 4.41. The molecule has 0 aliphatic heterocycles. The van der Waals surface area contributed by atoms with Gasteiger partial charge in [0.15, 0.2) is 0 Å². The summed E-state index contributed by atoms with van der Waals surface area (Å²) in [6, 6.07) is 19.4. The molecule has 0 amide bonds. The van der Waals surface area contributed by atoms with E-state index in [1.165, 1.54) is 6.07 Å². The molecule has 3 aromatic carbocycles. The van der Waals surface area contributed by atoms with E-state index in [9.17, 15) is 22.0 Å². The van der Waals surface area contributed by atoms with Crippen LogP contribution < -0.4 is 0 Å². The van der Waals surface area contributed by atoms with Crippen molar-refractivity contribution in [3.63, 3.8) is 0 Å². The van der Waals surface area contributed by atoms with Crippen molar-refractivity contribution >= 4 is 21.8 Å². The predicted octanol–water partition coefficient (Wildman–Crippen LogP) is 6.44. The second kappa shape index (κ2) is 5.56. The van der Waals surface area contributed by atoms with Crippen LogP contribution in [0, 0.1) is 0 Å². The first kappa shape index (κ1) is 16.6. The lowest BCUT2D eigenvalue weighted by Gasteiger charge is -2.20. The Morgan fingerprint density at radius 2 is 1.23 bits per heavy atom. The first-order chi connectivity index (χ1) is 12.3. The molecule has 1 heterocycles. The highest BCUT2D eigenvalue weighted by atomic mass is 19.4. The fourth-order valence-electron chi connectivity index (χ4n) is 3.19. The van der Waals surface area contributed by atoms with Gasteiger partial charge in [-0.1, -0.05) is 42.5 Å². The Balaban J connectivity index is 2.06. The second-order valence-electron chi connectivity index (χ2n) is 5.99. The summed E-state index contributed by atoms with van der Waals surface area (Å²) in [6.45, 7) is 0. The van der Waals surface area contributed by atoms with Crippen molar-refractivity contribution in [2.75, 3.05) is 0 Å². The first-order valence-electron chi connectivity index (χ1n) is 7.84. The normalized spacial score (nSPS) is 12.8. The van der Waals surface area contributed by atoms with E-state index in [-0.39, 0.29) is 0 Å². The zero-order valence-electron chi connectivity index (χ0n) is 13.3. The summed E-state index contributed by atoms with van der Waals surface area (Å²) in [4.78, 5) is 0. The van der Waals surface area contributed by atoms with Crippen molar-refractivity contribution in [1.82, 2.24) is 4.57 Å². The van der Waals surface area contributed by atoms with Crippen LogP contribution in [0.1, 0.15) is 5.56 Å². The van der Waals surface area contributed by atoms with Crippen molar-refractivity contribution in [1.29, 1.82) is 0 Å². The molecule has 0 aliphatic carbocycles. The van der Waals surface area contributed by atoms with Crippen LogP contribution in [0.2, 0.25) is 0 Å². The van der Waals surface area contributed by atoms with Crippen molar-refractivity contribution in [3.8, 4) is 5.69 Å². The van der Waals surface area contributed by atoms with E-state index >= 15 is 0 Å². The molecule has 4 aromatic rings. The van der Waals surface area contributed by atoms with Gasteiger partial charge in [0.1, 0.15) is 0 Å². The van der Waals surface area contributed by atoms with Crippen molar-refractivity contribution in [3.05, 3.63) is 78.4 Å². The smallest absolute Gasteiger partial charge is 0.309 e. The number of benzene rings is 3. The van der Waals surface area contributed by atoms with Gasteiger partial charge < -0.3 is 4.57 Å². The van der Waals surface area contributed by atoms with Crippen LogP contribution in [0.3, 0.4) is 0 Å². The molecule has 0 saturated heterocycles. The number of hydrogen-bond acceptors (Lipinski definition) is 0. The average Bonchev–Trinajstić information content (AvgIpc) is 2.95. The molecule has 0 aliphatic rings. The Kier molecular flexibility index (Phi) is 3.54. The van der Waals surface area contributed by atoms with Gasteiger partial charge in [0, 0.05) is 22.0 Å². The van der Waals surface area contributed by atoms with Gasteiger partial charge >= 0.3 is 12.1 Å². The Hall–Kier alpha value is -2.89. The van der Waals surface area contributed by atoms with E-state index in [1.54, 1.807) is 18.2 Å². The zero-order valence-corrected chi connectivity index (χ0v) is 13.3. The maximum atomic E-state index is 13.8. The third-order valence-electron chi connectivity index (χ3n) is 4.41. The van der Waals surface area contributed by atoms with Gasteiger partial charge in [-0.3, -0.25) is 0 Å². The van der Waals surface area contributed by atoms with Gasteiger partial charge in [-0.25, -0.2) is 0 Å². The van der Waals surface area contributed by atoms with Gasteiger partial charge in [0.25, 0.3) is 0 Å². The van der Waals surface area contributed by atoms with Crippen molar-refractivity contribution in [2.45, 2.75) is 12.1 Å². The van der Waals surface area contributed by atoms with Crippen LogP contribution >= 0.6 is 0 Å². The summed E-state index contributed by atoms with van der Waals surface area (Å²) in [5.41, 5.74) is 1.04. The number of para-hydroxylation sites is 2. The number of nitrogens with zero attached hydrogens (tertiary/aromatic N) is 1. The molecule has 0 spiro atoms. The Bertz CT molecular complexity index is 1090. The predicted molar refractivity (Wildman–Crippen MR) is 90.7 cm³/mol. The molecular formula is C20H12F5N. The molecule has 4 rings (SSSR count). The molecule has 6 heteroatoms. The molecule has 132 valence electrons. The Morgan fingerprint density at radius 3 is 1.92 bits per heavy atom. The van der Waals surface area contributed by atoms with E-state index in [4.69, 9.17) is 0 Å². The van der Waals surface area contributed by atoms with Crippen LogP contribution in [0.25, 0.3) is 27.5 Å². The Morgan fingerprint density at radius 1 is 0.615 bits per heavy atom. The number of aromatic nitrogens is 1. The van der Waals surface area contributed by atoms with Crippen LogP contribution in [-0.4, -0.2) is 10.7 Å². The van der Waals surface area contributed by atoms with Crippen LogP contribution in [-0.2, 0) is 5.92 Å². The fourth-order valence-corrected chi connectivity index (χ4v) is 3.19. The second-order valence-corrected chi connectivity index (χ2v) is 5.99. The summed E-state index contributed by atoms with van der Waals surface area (Å²) in [7, 11) is 0. The SMILES string of the molecule is FC(F)(F)C(F)(F)c1ccc2c(c1)c1ccccc1n2-c1ccccc1. The van der Waals surface area contributed by atoms with Crippen LogP contribution in [0.4, 0.5) is 22.0 Å². The minimum absolute atomic E-state index is 0.353. The van der Waals surface area contributed by atoms with E-state index < -0.39 is 17.7 Å². The molecule has 0 fully saturated rings. The molecule has 0 N–H and O–H groups in total. The lowest BCUT2D eigenvalue weighted by Crippen LogP contribution is -2.33. The lowest BCUT2D eigenvalue weighted by molar-refractivity contribution is -0.289. The number of halogens is 5. The molecule has 0 saturated carbocycles. The number of rotatable bonds is 2. The van der Waals surface area contributed by atoms with Gasteiger partial charge in [0.2, 0.25) is 0 Å². The van der Waals surface area contributed by atoms with Gasteiger partial charge in [-0.05, 0) is 30.3 Å². The van der Waals surface area contributed by atoms with E-state index in [0.29, 0.717) is 16.3 Å². The standard InChI is InChI=1S/C20H12F5N/c21-19(22,20(23,24)25)13-10-11-18-16(12-13)15-8-4-5-9-17(15)26(18)14-6-2-1-3-7-14/h1-12H. The molecule has 0 unspecified atom stereocenters. The van der Waals surface area contributed by atoms with Gasteiger partial charge in [-0.2, -0.15) is 22.0 Å².